The molecular weight excluding hydrogens is 428 g/mol. The fourth-order valence-electron chi connectivity index (χ4n) is 4.26. The third-order valence-corrected chi connectivity index (χ3v) is 6.94. The van der Waals surface area contributed by atoms with Crippen LogP contribution in [0.15, 0.2) is 59.0 Å². The molecule has 164 valence electrons. The summed E-state index contributed by atoms with van der Waals surface area (Å²) in [6.07, 6.45) is 2.63. The fourth-order valence-corrected chi connectivity index (χ4v) is 5.26. The van der Waals surface area contributed by atoms with Crippen molar-refractivity contribution in [3.63, 3.8) is 0 Å². The average Bonchev–Trinajstić information content (AvgIpc) is 3.14. The molecule has 0 unspecified atom stereocenters. The van der Waals surface area contributed by atoms with E-state index >= 15 is 0 Å². The number of para-hydroxylation sites is 1. The molecule has 0 aliphatic carbocycles. The van der Waals surface area contributed by atoms with Crippen molar-refractivity contribution >= 4 is 49.2 Å². The van der Waals surface area contributed by atoms with Gasteiger partial charge in [0.25, 0.3) is 5.91 Å². The van der Waals surface area contributed by atoms with Crippen LogP contribution in [0.25, 0.3) is 21.9 Å². The van der Waals surface area contributed by atoms with Crippen LogP contribution in [0.4, 0.5) is 11.4 Å². The zero-order valence-electron chi connectivity index (χ0n) is 17.7. The lowest BCUT2D eigenvalue weighted by Crippen LogP contribution is -2.34. The van der Waals surface area contributed by atoms with E-state index in [1.807, 2.05) is 30.3 Å². The van der Waals surface area contributed by atoms with Crippen LogP contribution in [-0.2, 0) is 16.4 Å². The number of nitrogens with one attached hydrogen (secondary N) is 1. The molecule has 7 nitrogen and oxygen atoms in total. The van der Waals surface area contributed by atoms with Crippen LogP contribution in [0.5, 0.6) is 5.75 Å². The second-order valence-electron chi connectivity index (χ2n) is 7.88. The number of nitrogens with zero attached hydrogens (tertiary/aromatic N) is 1. The van der Waals surface area contributed by atoms with E-state index in [0.717, 1.165) is 28.3 Å². The van der Waals surface area contributed by atoms with Crippen LogP contribution in [0, 0.1) is 0 Å². The fraction of sp³-hybridized carbons (Fsp3) is 0.208. The van der Waals surface area contributed by atoms with Gasteiger partial charge in [0.15, 0.2) is 0 Å². The molecule has 1 N–H and O–H groups in total. The Morgan fingerprint density at radius 3 is 2.66 bits per heavy atom. The Bertz CT molecular complexity index is 1470. The summed E-state index contributed by atoms with van der Waals surface area (Å²) in [7, 11) is -1.80. The SMILES string of the molecule is COc1cc2c(cc1NC(=O)c1ccc3c(c1)CCCN3S(C)(=O)=O)oc1ccccc12. The Morgan fingerprint density at radius 2 is 1.88 bits per heavy atom. The maximum atomic E-state index is 13.0. The molecule has 0 spiro atoms. The van der Waals surface area contributed by atoms with Gasteiger partial charge < -0.3 is 14.5 Å². The van der Waals surface area contributed by atoms with Crippen LogP contribution in [0.2, 0.25) is 0 Å². The van der Waals surface area contributed by atoms with E-state index < -0.39 is 10.0 Å². The molecule has 1 aromatic heterocycles. The lowest BCUT2D eigenvalue weighted by molar-refractivity contribution is 0.102. The molecule has 2 heterocycles. The van der Waals surface area contributed by atoms with Crippen molar-refractivity contribution in [3.05, 3.63) is 65.7 Å². The van der Waals surface area contributed by atoms with Gasteiger partial charge in [-0.1, -0.05) is 18.2 Å². The van der Waals surface area contributed by atoms with Gasteiger partial charge in [0.2, 0.25) is 10.0 Å². The lowest BCUT2D eigenvalue weighted by atomic mass is 10.0. The number of fused-ring (bicyclic) bond motifs is 4. The minimum Gasteiger partial charge on any atom is -0.495 e. The van der Waals surface area contributed by atoms with Crippen LogP contribution in [0.1, 0.15) is 22.3 Å². The first kappa shape index (κ1) is 20.4. The molecule has 1 aliphatic heterocycles. The number of carbonyl (C=O) groups is 1. The Morgan fingerprint density at radius 1 is 1.06 bits per heavy atom. The summed E-state index contributed by atoms with van der Waals surface area (Å²) in [5.41, 5.74) is 3.84. The normalized spacial score (nSPS) is 13.9. The topological polar surface area (TPSA) is 88.9 Å². The highest BCUT2D eigenvalue weighted by atomic mass is 32.2. The van der Waals surface area contributed by atoms with Gasteiger partial charge in [0.1, 0.15) is 16.9 Å². The first-order valence-corrected chi connectivity index (χ1v) is 12.1. The number of aryl methyl sites for hydroxylation is 1. The van der Waals surface area contributed by atoms with E-state index in [4.69, 9.17) is 9.15 Å². The lowest BCUT2D eigenvalue weighted by Gasteiger charge is -2.29. The Hall–Kier alpha value is -3.52. The first-order valence-electron chi connectivity index (χ1n) is 10.3. The van der Waals surface area contributed by atoms with Crippen LogP contribution >= 0.6 is 0 Å². The van der Waals surface area contributed by atoms with Gasteiger partial charge in [0, 0.05) is 28.9 Å². The van der Waals surface area contributed by atoms with Crippen molar-refractivity contribution in [2.45, 2.75) is 12.8 Å². The number of hydrogen-bond donors (Lipinski definition) is 1. The van der Waals surface area contributed by atoms with Crippen molar-refractivity contribution in [3.8, 4) is 5.75 Å². The number of hydrogen-bond acceptors (Lipinski definition) is 5. The molecular formula is C24H22N2O5S. The van der Waals surface area contributed by atoms with E-state index in [2.05, 4.69) is 5.32 Å². The molecule has 5 rings (SSSR count). The molecule has 0 atom stereocenters. The van der Waals surface area contributed by atoms with Gasteiger partial charge in [-0.15, -0.1) is 0 Å². The molecule has 0 radical (unpaired) electrons. The second-order valence-corrected chi connectivity index (χ2v) is 9.79. The maximum Gasteiger partial charge on any atom is 0.255 e. The number of furan rings is 1. The standard InChI is InChI=1S/C24H22N2O5S/c1-30-23-13-18-17-7-3-4-8-21(17)31-22(18)14-19(23)25-24(27)16-9-10-20-15(12-16)6-5-11-26(20)32(2,28)29/h3-4,7-10,12-14H,5-6,11H2,1-2H3,(H,25,27). The minimum atomic E-state index is -3.36. The molecule has 0 fully saturated rings. The second kappa shape index (κ2) is 7.56. The summed E-state index contributed by atoms with van der Waals surface area (Å²) in [6, 6.07) is 16.4. The Labute approximate surface area is 185 Å². The number of sulfonamides is 1. The van der Waals surface area contributed by atoms with Gasteiger partial charge in [-0.05, 0) is 48.7 Å². The number of benzene rings is 3. The van der Waals surface area contributed by atoms with Crippen LogP contribution in [0.3, 0.4) is 0 Å². The molecule has 0 saturated heterocycles. The highest BCUT2D eigenvalue weighted by Crippen LogP contribution is 2.37. The van der Waals surface area contributed by atoms with E-state index in [1.54, 1.807) is 31.4 Å². The molecule has 4 aromatic rings. The summed E-state index contributed by atoms with van der Waals surface area (Å²) >= 11 is 0. The van der Waals surface area contributed by atoms with Crippen molar-refractivity contribution in [2.75, 3.05) is 29.5 Å². The molecule has 1 aliphatic rings. The highest BCUT2D eigenvalue weighted by Gasteiger charge is 2.25. The van der Waals surface area contributed by atoms with Crippen molar-refractivity contribution < 1.29 is 22.4 Å². The monoisotopic (exact) mass is 450 g/mol. The van der Waals surface area contributed by atoms with Gasteiger partial charge in [0.05, 0.1) is 24.7 Å². The van der Waals surface area contributed by atoms with Crippen LogP contribution in [-0.4, -0.2) is 34.2 Å². The largest absolute Gasteiger partial charge is 0.495 e. The van der Waals surface area contributed by atoms with E-state index in [9.17, 15) is 13.2 Å². The number of anilines is 2. The quantitative estimate of drug-likeness (QED) is 0.492. The molecule has 0 saturated carbocycles. The smallest absolute Gasteiger partial charge is 0.255 e. The summed E-state index contributed by atoms with van der Waals surface area (Å²) in [5.74, 6) is 0.219. The van der Waals surface area contributed by atoms with Gasteiger partial charge >= 0.3 is 0 Å². The Kier molecular flexibility index (Phi) is 4.82. The molecule has 8 heteroatoms. The van der Waals surface area contributed by atoms with Gasteiger partial charge in [-0.25, -0.2) is 8.42 Å². The molecule has 0 bridgehead atoms. The van der Waals surface area contributed by atoms with E-state index in [-0.39, 0.29) is 5.91 Å². The minimum absolute atomic E-state index is 0.307. The summed E-state index contributed by atoms with van der Waals surface area (Å²) in [4.78, 5) is 13.0. The highest BCUT2D eigenvalue weighted by molar-refractivity contribution is 7.92. The van der Waals surface area contributed by atoms with Crippen molar-refractivity contribution in [1.82, 2.24) is 0 Å². The predicted octanol–water partition coefficient (Wildman–Crippen LogP) is 4.56. The van der Waals surface area contributed by atoms with Gasteiger partial charge in [-0.3, -0.25) is 9.10 Å². The Balaban J connectivity index is 1.49. The van der Waals surface area contributed by atoms with Crippen LogP contribution < -0.4 is 14.4 Å². The summed E-state index contributed by atoms with van der Waals surface area (Å²) < 4.78 is 37.0. The first-order chi connectivity index (χ1) is 15.3. The predicted molar refractivity (Wildman–Crippen MR) is 125 cm³/mol. The molecule has 1 amide bonds. The summed E-state index contributed by atoms with van der Waals surface area (Å²) in [5, 5.41) is 4.79. The number of carbonyl (C=O) groups excluding carboxylic acids is 1. The van der Waals surface area contributed by atoms with Crippen molar-refractivity contribution in [1.29, 1.82) is 0 Å². The number of ether oxygens (including phenoxy) is 1. The zero-order valence-corrected chi connectivity index (χ0v) is 18.5. The summed E-state index contributed by atoms with van der Waals surface area (Å²) in [6.45, 7) is 0.450. The van der Waals surface area contributed by atoms with Crippen molar-refractivity contribution in [2.24, 2.45) is 0 Å². The number of methoxy groups -OCH3 is 1. The van der Waals surface area contributed by atoms with E-state index in [0.29, 0.717) is 41.2 Å². The zero-order chi connectivity index (χ0) is 22.5. The van der Waals surface area contributed by atoms with Gasteiger partial charge in [-0.2, -0.15) is 0 Å². The number of amides is 1. The number of rotatable bonds is 4. The third kappa shape index (κ3) is 3.46. The third-order valence-electron chi connectivity index (χ3n) is 5.77. The van der Waals surface area contributed by atoms with E-state index in [1.165, 1.54) is 10.6 Å². The molecule has 3 aromatic carbocycles. The average molecular weight is 451 g/mol. The maximum absolute atomic E-state index is 13.0. The molecule has 32 heavy (non-hydrogen) atoms.